The molecule has 1 rings (SSSR count). The van der Waals surface area contributed by atoms with Gasteiger partial charge in [-0.05, 0) is 0 Å². The predicted octanol–water partition coefficient (Wildman–Crippen LogP) is 4.37. The molecule has 1 aromatic rings. The summed E-state index contributed by atoms with van der Waals surface area (Å²) in [6, 6.07) is 7.22. The minimum absolute atomic E-state index is 0.442. The summed E-state index contributed by atoms with van der Waals surface area (Å²) in [6.45, 7) is 7.63. The van der Waals surface area contributed by atoms with Crippen LogP contribution in [0.4, 0.5) is 0 Å². The van der Waals surface area contributed by atoms with E-state index in [1.54, 1.807) is 12.1 Å². The summed E-state index contributed by atoms with van der Waals surface area (Å²) >= 11 is 0. The van der Waals surface area contributed by atoms with Crippen LogP contribution in [0.3, 0.4) is 0 Å². The quantitative estimate of drug-likeness (QED) is 0.759. The molecule has 0 aliphatic rings. The molecule has 116 valence electrons. The first kappa shape index (κ1) is 17.9. The Hall–Kier alpha value is -0.200. The molecule has 0 aromatic heterocycles. The van der Waals surface area contributed by atoms with E-state index in [-0.39, 0.29) is 0 Å². The van der Waals surface area contributed by atoms with Gasteiger partial charge in [0.05, 0.1) is 0 Å². The monoisotopic (exact) mass is 318 g/mol. The van der Waals surface area contributed by atoms with Gasteiger partial charge in [-0.15, -0.1) is 0 Å². The number of benzene rings is 1. The van der Waals surface area contributed by atoms with E-state index >= 15 is 0 Å². The summed E-state index contributed by atoms with van der Waals surface area (Å²) in [6.07, 6.45) is 3.41. The molecule has 1 aromatic carbocycles. The van der Waals surface area contributed by atoms with E-state index in [2.05, 4.69) is 27.7 Å². The Morgan fingerprint density at radius 2 is 1.50 bits per heavy atom. The summed E-state index contributed by atoms with van der Waals surface area (Å²) in [5.41, 5.74) is 0.814. The Morgan fingerprint density at radius 1 is 1.05 bits per heavy atom. The molecule has 5 heteroatoms. The van der Waals surface area contributed by atoms with E-state index in [9.17, 15) is 9.46 Å². The van der Waals surface area contributed by atoms with Crippen LogP contribution in [0.15, 0.2) is 24.3 Å². The van der Waals surface area contributed by atoms with Crippen molar-refractivity contribution >= 4 is 19.7 Å². The van der Waals surface area contributed by atoms with E-state index in [1.165, 1.54) is 0 Å². The summed E-state index contributed by atoms with van der Waals surface area (Å²) < 4.78 is 19.0. The van der Waals surface area contributed by atoms with Crippen molar-refractivity contribution in [3.05, 3.63) is 29.8 Å². The molecule has 0 radical (unpaired) electrons. The Kier molecular flexibility index (Phi) is 5.60. The molecule has 20 heavy (non-hydrogen) atoms. The molecule has 0 amide bonds. The number of aryl methyl sites for hydroxylation is 1. The van der Waals surface area contributed by atoms with Gasteiger partial charge in [-0.3, -0.25) is 0 Å². The molecule has 1 unspecified atom stereocenters. The van der Waals surface area contributed by atoms with Crippen molar-refractivity contribution in [2.45, 2.75) is 34.6 Å². The van der Waals surface area contributed by atoms with E-state index in [0.717, 1.165) is 30.2 Å². The zero-order chi connectivity index (χ0) is 15.5. The third kappa shape index (κ3) is 3.17. The van der Waals surface area contributed by atoms with Gasteiger partial charge in [0.15, 0.2) is 0 Å². The molecule has 0 aliphatic carbocycles. The number of hydrogen-bond acceptors (Lipinski definition) is 2. The van der Waals surface area contributed by atoms with Gasteiger partial charge in [0.25, 0.3) is 0 Å². The van der Waals surface area contributed by atoms with Crippen LogP contribution in [0.1, 0.15) is 33.3 Å². The van der Waals surface area contributed by atoms with Crippen LogP contribution in [0.25, 0.3) is 0 Å². The fraction of sp³-hybridized carbons (Fsp3) is 0.600. The van der Waals surface area contributed by atoms with Gasteiger partial charge in [-0.1, -0.05) is 0 Å². The molecule has 1 N–H and O–H groups in total. The fourth-order valence-electron chi connectivity index (χ4n) is 2.81. The van der Waals surface area contributed by atoms with E-state index < -0.39 is 14.4 Å². The summed E-state index contributed by atoms with van der Waals surface area (Å²) in [5.74, 6) is 0. The maximum atomic E-state index is 12.9. The van der Waals surface area contributed by atoms with Crippen LogP contribution in [0.2, 0.25) is 0 Å². The second-order valence-electron chi connectivity index (χ2n) is 5.51. The van der Waals surface area contributed by atoms with Crippen LogP contribution < -0.4 is 5.30 Å². The molecule has 1 atom stereocenters. The molecule has 3 nitrogen and oxygen atoms in total. The van der Waals surface area contributed by atoms with Crippen LogP contribution in [0.5, 0.6) is 0 Å². The van der Waals surface area contributed by atoms with Gasteiger partial charge in [-0.2, -0.15) is 0 Å². The topological polar surface area (TPSA) is 46.5 Å². The van der Waals surface area contributed by atoms with Crippen molar-refractivity contribution < 1.29 is 13.8 Å². The van der Waals surface area contributed by atoms with Crippen LogP contribution in [-0.4, -0.2) is 29.5 Å². The molecule has 0 saturated carbocycles. The summed E-state index contributed by atoms with van der Waals surface area (Å²) in [4.78, 5) is 10.6. The molecule has 0 saturated heterocycles. The van der Waals surface area contributed by atoms with E-state index in [1.807, 2.05) is 19.1 Å². The van der Waals surface area contributed by atoms with Crippen LogP contribution >= 0.6 is 14.4 Å². The van der Waals surface area contributed by atoms with Crippen molar-refractivity contribution in [1.82, 2.24) is 0 Å². The Bertz CT molecular complexity index is 486. The van der Waals surface area contributed by atoms with E-state index in [0.29, 0.717) is 5.30 Å². The molecular formula is C15H28O3P2. The van der Waals surface area contributed by atoms with Gasteiger partial charge in [0.2, 0.25) is 0 Å². The normalized spacial score (nSPS) is 17.2. The number of hydrogen-bond donors (Lipinski definition) is 1. The third-order valence-electron chi connectivity index (χ3n) is 4.96. The number of rotatable bonds is 7. The average Bonchev–Trinajstić information content (AvgIpc) is 2.46. The molecule has 0 aliphatic heterocycles. The molecular weight excluding hydrogens is 290 g/mol. The average molecular weight is 318 g/mol. The standard InChI is InChI=1S/C15H28O3P2/c1-6-20(7-2,8-3,9-4)18-19(16,17)15-13-11-10-12-14(15)5/h10-13H,6-9H2,1-5H3,(H,16,17). The van der Waals surface area contributed by atoms with Gasteiger partial charge in [0, 0.05) is 0 Å². The fourth-order valence-corrected chi connectivity index (χ4v) is 11.0. The maximum absolute atomic E-state index is 12.9. The zero-order valence-electron chi connectivity index (χ0n) is 13.3. The second kappa shape index (κ2) is 6.28. The summed E-state index contributed by atoms with van der Waals surface area (Å²) in [5, 5.41) is 0.442. The first-order chi connectivity index (χ1) is 9.28. The molecule has 0 spiro atoms. The van der Waals surface area contributed by atoms with Gasteiger partial charge in [0.1, 0.15) is 0 Å². The van der Waals surface area contributed by atoms with Crippen LogP contribution in [0, 0.1) is 6.92 Å². The van der Waals surface area contributed by atoms with Crippen molar-refractivity contribution in [3.8, 4) is 0 Å². The first-order valence-corrected chi connectivity index (χ1v) is 11.9. The Balaban J connectivity index is 3.30. The summed E-state index contributed by atoms with van der Waals surface area (Å²) in [7, 11) is -3.78. The SMILES string of the molecule is CCP(CC)(CC)(CC)OP(=O)(O)c1ccccc1C. The van der Waals surface area contributed by atoms with Crippen molar-refractivity contribution in [2.24, 2.45) is 0 Å². The van der Waals surface area contributed by atoms with Gasteiger partial charge < -0.3 is 0 Å². The minimum atomic E-state index is -3.78. The van der Waals surface area contributed by atoms with Crippen molar-refractivity contribution in [2.75, 3.05) is 24.6 Å². The van der Waals surface area contributed by atoms with E-state index in [4.69, 9.17) is 4.31 Å². The molecule has 0 bridgehead atoms. The van der Waals surface area contributed by atoms with Crippen molar-refractivity contribution in [3.63, 3.8) is 0 Å². The zero-order valence-corrected chi connectivity index (χ0v) is 15.1. The van der Waals surface area contributed by atoms with Gasteiger partial charge in [-0.25, -0.2) is 0 Å². The Morgan fingerprint density at radius 3 is 1.90 bits per heavy atom. The van der Waals surface area contributed by atoms with Crippen molar-refractivity contribution in [1.29, 1.82) is 0 Å². The second-order valence-corrected chi connectivity index (χ2v) is 13.9. The first-order valence-electron chi connectivity index (χ1n) is 7.39. The Labute approximate surface area is 123 Å². The third-order valence-corrected chi connectivity index (χ3v) is 15.2. The molecule has 0 fully saturated rings. The van der Waals surface area contributed by atoms with Gasteiger partial charge >= 0.3 is 123 Å². The molecule has 0 heterocycles. The van der Waals surface area contributed by atoms with Crippen LogP contribution in [-0.2, 0) is 8.88 Å². The predicted molar refractivity (Wildman–Crippen MR) is 90.8 cm³/mol.